The summed E-state index contributed by atoms with van der Waals surface area (Å²) in [7, 11) is 0. The average molecular weight is 401 g/mol. The lowest BCUT2D eigenvalue weighted by atomic mass is 9.87. The first-order valence-electron chi connectivity index (χ1n) is 10.7. The highest BCUT2D eigenvalue weighted by molar-refractivity contribution is 6.23. The number of hydrogen-bond acceptors (Lipinski definition) is 5. The van der Waals surface area contributed by atoms with E-state index < -0.39 is 23.1 Å². The van der Waals surface area contributed by atoms with Gasteiger partial charge in [0.05, 0.1) is 5.57 Å². The van der Waals surface area contributed by atoms with Crippen LogP contribution in [0.2, 0.25) is 0 Å². The second kappa shape index (κ2) is 11.4. The van der Waals surface area contributed by atoms with Crippen LogP contribution in [-0.2, 0) is 16.0 Å². The number of aliphatic hydroxyl groups excluding tert-OH is 2. The van der Waals surface area contributed by atoms with Crippen molar-refractivity contribution in [3.8, 4) is 5.75 Å². The molecule has 0 aliphatic heterocycles. The van der Waals surface area contributed by atoms with Crippen molar-refractivity contribution in [1.82, 2.24) is 0 Å². The minimum Gasteiger partial charge on any atom is -0.508 e. The van der Waals surface area contributed by atoms with Crippen LogP contribution >= 0.6 is 0 Å². The van der Waals surface area contributed by atoms with Crippen LogP contribution in [0, 0.1) is 0 Å². The zero-order valence-electron chi connectivity index (χ0n) is 17.2. The van der Waals surface area contributed by atoms with Crippen LogP contribution in [0.4, 0.5) is 0 Å². The van der Waals surface area contributed by atoms with Gasteiger partial charge in [-0.1, -0.05) is 76.5 Å². The van der Waals surface area contributed by atoms with Crippen LogP contribution in [0.5, 0.6) is 5.75 Å². The average Bonchev–Trinajstić information content (AvgIpc) is 2.72. The Labute approximate surface area is 172 Å². The molecule has 158 valence electrons. The number of unbranched alkanes of at least 4 members (excludes halogenated alkanes) is 8. The number of para-hydroxylation sites is 1. The highest BCUT2D eigenvalue weighted by Gasteiger charge is 2.34. The van der Waals surface area contributed by atoms with Gasteiger partial charge in [-0.3, -0.25) is 9.59 Å². The lowest BCUT2D eigenvalue weighted by Gasteiger charge is -2.18. The normalized spacial score (nSPS) is 14.8. The molecule has 0 spiro atoms. The molecule has 0 atom stereocenters. The minimum atomic E-state index is -0.740. The highest BCUT2D eigenvalue weighted by atomic mass is 16.3. The van der Waals surface area contributed by atoms with Crippen molar-refractivity contribution in [2.24, 2.45) is 0 Å². The fourth-order valence-corrected chi connectivity index (χ4v) is 3.63. The van der Waals surface area contributed by atoms with Crippen LogP contribution in [0.25, 0.3) is 0 Å². The molecule has 0 amide bonds. The Bertz CT molecular complexity index is 788. The Hall–Kier alpha value is -2.56. The van der Waals surface area contributed by atoms with Crippen LogP contribution in [0.3, 0.4) is 0 Å². The summed E-state index contributed by atoms with van der Waals surface area (Å²) in [5, 5.41) is 30.4. The molecule has 0 unspecified atom stereocenters. The van der Waals surface area contributed by atoms with Gasteiger partial charge in [0.25, 0.3) is 0 Å². The van der Waals surface area contributed by atoms with Gasteiger partial charge in [-0.2, -0.15) is 0 Å². The first-order valence-corrected chi connectivity index (χ1v) is 10.7. The van der Waals surface area contributed by atoms with Gasteiger partial charge in [-0.15, -0.1) is 0 Å². The van der Waals surface area contributed by atoms with Crippen molar-refractivity contribution in [2.45, 2.75) is 77.6 Å². The summed E-state index contributed by atoms with van der Waals surface area (Å²) in [6, 6.07) is 6.40. The molecule has 2 rings (SSSR count). The summed E-state index contributed by atoms with van der Waals surface area (Å²) in [6.07, 6.45) is 10.3. The maximum absolute atomic E-state index is 12.5. The first kappa shape index (κ1) is 22.7. The molecule has 1 aromatic carbocycles. The van der Waals surface area contributed by atoms with E-state index in [-0.39, 0.29) is 29.7 Å². The van der Waals surface area contributed by atoms with Gasteiger partial charge in [0, 0.05) is 12.0 Å². The molecule has 5 heteroatoms. The largest absolute Gasteiger partial charge is 0.508 e. The van der Waals surface area contributed by atoms with Gasteiger partial charge in [0.2, 0.25) is 11.6 Å². The summed E-state index contributed by atoms with van der Waals surface area (Å²) in [6.45, 7) is 2.20. The molecule has 0 radical (unpaired) electrons. The van der Waals surface area contributed by atoms with Gasteiger partial charge < -0.3 is 15.3 Å². The maximum atomic E-state index is 12.5. The molecule has 0 saturated heterocycles. The number of hydrogen-bond donors (Lipinski definition) is 3. The fraction of sp³-hybridized carbons (Fsp3) is 0.500. The third kappa shape index (κ3) is 6.21. The summed E-state index contributed by atoms with van der Waals surface area (Å²) < 4.78 is 0. The lowest BCUT2D eigenvalue weighted by Crippen LogP contribution is -2.25. The first-order chi connectivity index (χ1) is 14.0. The van der Waals surface area contributed by atoms with Crippen molar-refractivity contribution in [2.75, 3.05) is 0 Å². The van der Waals surface area contributed by atoms with Crippen molar-refractivity contribution < 1.29 is 24.9 Å². The van der Waals surface area contributed by atoms with E-state index in [0.717, 1.165) is 19.3 Å². The van der Waals surface area contributed by atoms with Crippen molar-refractivity contribution >= 4 is 11.6 Å². The predicted octanol–water partition coefficient (Wildman–Crippen LogP) is 5.63. The smallest absolute Gasteiger partial charge is 0.227 e. The molecule has 3 N–H and O–H groups in total. The van der Waals surface area contributed by atoms with Crippen molar-refractivity contribution in [3.63, 3.8) is 0 Å². The summed E-state index contributed by atoms with van der Waals surface area (Å²) in [5.41, 5.74) is 0.228. The number of phenols is 1. The number of carbonyl (C=O) groups excluding carboxylic acids is 2. The van der Waals surface area contributed by atoms with E-state index in [1.807, 2.05) is 0 Å². The van der Waals surface area contributed by atoms with Crippen LogP contribution in [-0.4, -0.2) is 26.9 Å². The number of rotatable bonds is 12. The maximum Gasteiger partial charge on any atom is 0.227 e. The predicted molar refractivity (Wildman–Crippen MR) is 113 cm³/mol. The molecule has 0 aromatic heterocycles. The number of Topliss-reactive ketones (excluding diaryl/α,β-unsaturated/α-hetero) is 2. The van der Waals surface area contributed by atoms with Crippen LogP contribution < -0.4 is 0 Å². The number of phenolic OH excluding ortho intramolecular Hbond substituents is 1. The van der Waals surface area contributed by atoms with E-state index in [0.29, 0.717) is 12.0 Å². The zero-order valence-corrected chi connectivity index (χ0v) is 17.2. The highest BCUT2D eigenvalue weighted by Crippen LogP contribution is 2.29. The summed E-state index contributed by atoms with van der Waals surface area (Å²) in [5.74, 6) is -2.65. The lowest BCUT2D eigenvalue weighted by molar-refractivity contribution is -0.120. The number of aliphatic hydroxyl groups is 2. The third-order valence-corrected chi connectivity index (χ3v) is 5.44. The second-order valence-electron chi connectivity index (χ2n) is 7.70. The summed E-state index contributed by atoms with van der Waals surface area (Å²) in [4.78, 5) is 25.0. The molecular weight excluding hydrogens is 368 g/mol. The van der Waals surface area contributed by atoms with E-state index in [1.165, 1.54) is 38.2 Å². The number of carbonyl (C=O) groups is 2. The van der Waals surface area contributed by atoms with E-state index in [2.05, 4.69) is 6.92 Å². The minimum absolute atomic E-state index is 0.00326. The Kier molecular flexibility index (Phi) is 8.97. The molecule has 29 heavy (non-hydrogen) atoms. The third-order valence-electron chi connectivity index (χ3n) is 5.44. The van der Waals surface area contributed by atoms with Gasteiger partial charge in [0.1, 0.15) is 5.75 Å². The molecule has 1 aliphatic carbocycles. The molecule has 0 fully saturated rings. The van der Waals surface area contributed by atoms with Gasteiger partial charge in [-0.05, 0) is 24.5 Å². The van der Waals surface area contributed by atoms with E-state index in [4.69, 9.17) is 0 Å². The quantitative estimate of drug-likeness (QED) is 0.312. The number of benzene rings is 1. The molecule has 1 aliphatic rings. The fourth-order valence-electron chi connectivity index (χ4n) is 3.63. The Morgan fingerprint density at radius 3 is 1.83 bits per heavy atom. The second-order valence-corrected chi connectivity index (χ2v) is 7.70. The monoisotopic (exact) mass is 400 g/mol. The standard InChI is InChI=1S/C24H32O5/c1-2-3-4-5-6-7-8-9-10-14-18-21(26)23(28)19(24(29)22(18)27)16-17-13-11-12-15-20(17)25/h11-13,15,25-26,29H,2-10,14,16H2,1H3. The van der Waals surface area contributed by atoms with Crippen LogP contribution in [0.1, 0.15) is 76.7 Å². The van der Waals surface area contributed by atoms with Gasteiger partial charge in [-0.25, -0.2) is 0 Å². The molecule has 0 bridgehead atoms. The Morgan fingerprint density at radius 1 is 0.690 bits per heavy atom. The number of ketones is 2. The molecule has 1 aromatic rings. The van der Waals surface area contributed by atoms with E-state index in [9.17, 15) is 24.9 Å². The number of allylic oxidation sites excluding steroid dienone is 2. The molecule has 0 saturated carbocycles. The van der Waals surface area contributed by atoms with Gasteiger partial charge in [0.15, 0.2) is 11.5 Å². The van der Waals surface area contributed by atoms with Crippen LogP contribution in [0.15, 0.2) is 46.9 Å². The SMILES string of the molecule is CCCCCCCCCCCC1=C(O)C(=O)C(Cc2ccccc2O)=C(O)C1=O. The summed E-state index contributed by atoms with van der Waals surface area (Å²) >= 11 is 0. The number of aromatic hydroxyl groups is 1. The Morgan fingerprint density at radius 2 is 1.21 bits per heavy atom. The Balaban J connectivity index is 1.88. The van der Waals surface area contributed by atoms with Crippen molar-refractivity contribution in [1.29, 1.82) is 0 Å². The van der Waals surface area contributed by atoms with E-state index >= 15 is 0 Å². The molecule has 5 nitrogen and oxygen atoms in total. The van der Waals surface area contributed by atoms with Crippen molar-refractivity contribution in [3.05, 3.63) is 52.5 Å². The molecular formula is C24H32O5. The zero-order chi connectivity index (χ0) is 21.2. The topological polar surface area (TPSA) is 94.8 Å². The molecule has 0 heterocycles. The van der Waals surface area contributed by atoms with E-state index in [1.54, 1.807) is 18.2 Å². The van der Waals surface area contributed by atoms with Gasteiger partial charge >= 0.3 is 0 Å².